The van der Waals surface area contributed by atoms with Crippen molar-refractivity contribution in [2.75, 3.05) is 0 Å². The molecule has 0 unspecified atom stereocenters. The van der Waals surface area contributed by atoms with Gasteiger partial charge in [-0.2, -0.15) is 0 Å². The smallest absolute Gasteiger partial charge is 0.347 e. The lowest BCUT2D eigenvalue weighted by atomic mass is 9.98. The van der Waals surface area contributed by atoms with E-state index in [-0.39, 0.29) is 5.78 Å². The third-order valence-electron chi connectivity index (χ3n) is 3.70. The maximum Gasteiger partial charge on any atom is 0.347 e. The lowest BCUT2D eigenvalue weighted by Crippen LogP contribution is -2.38. The van der Waals surface area contributed by atoms with Gasteiger partial charge in [-0.05, 0) is 75.2 Å². The molecule has 0 aliphatic rings. The fraction of sp³-hybridized carbons (Fsp3) is 0.263. The second kappa shape index (κ2) is 6.65. The van der Waals surface area contributed by atoms with Crippen molar-refractivity contribution < 1.29 is 19.4 Å². The van der Waals surface area contributed by atoms with Crippen LogP contribution in [0.3, 0.4) is 0 Å². The minimum Gasteiger partial charge on any atom is -0.478 e. The maximum atomic E-state index is 12.6. The summed E-state index contributed by atoms with van der Waals surface area (Å²) in [6, 6.07) is 10.1. The van der Waals surface area contributed by atoms with Crippen LogP contribution in [-0.4, -0.2) is 22.5 Å². The molecule has 0 aliphatic carbocycles. The molecule has 24 heavy (non-hydrogen) atoms. The van der Waals surface area contributed by atoms with E-state index in [1.54, 1.807) is 50.2 Å². The third-order valence-corrected chi connectivity index (χ3v) is 3.95. The molecule has 4 nitrogen and oxygen atoms in total. The molecule has 0 fully saturated rings. The van der Waals surface area contributed by atoms with Crippen LogP contribution >= 0.6 is 11.6 Å². The quantitative estimate of drug-likeness (QED) is 0.813. The van der Waals surface area contributed by atoms with E-state index in [0.717, 1.165) is 0 Å². The van der Waals surface area contributed by atoms with E-state index in [9.17, 15) is 14.7 Å². The van der Waals surface area contributed by atoms with Gasteiger partial charge in [0.1, 0.15) is 5.75 Å². The minimum absolute atomic E-state index is 0.123. The standard InChI is InChI=1S/C19H19ClO4/c1-11-9-14(16(21)13-5-7-15(20)8-6-13)10-12(2)17(11)24-19(3,4)18(22)23/h5-10H,1-4H3,(H,22,23). The maximum absolute atomic E-state index is 12.6. The summed E-state index contributed by atoms with van der Waals surface area (Å²) in [7, 11) is 0. The number of ketones is 1. The molecule has 126 valence electrons. The van der Waals surface area contributed by atoms with E-state index in [1.165, 1.54) is 13.8 Å². The number of halogens is 1. The van der Waals surface area contributed by atoms with Crippen LogP contribution in [0.2, 0.25) is 5.02 Å². The van der Waals surface area contributed by atoms with Gasteiger partial charge in [0.25, 0.3) is 0 Å². The summed E-state index contributed by atoms with van der Waals surface area (Å²) in [5, 5.41) is 9.78. The number of benzene rings is 2. The summed E-state index contributed by atoms with van der Waals surface area (Å²) in [4.78, 5) is 23.8. The Morgan fingerprint density at radius 3 is 1.96 bits per heavy atom. The molecule has 0 saturated carbocycles. The Labute approximate surface area is 146 Å². The number of hydrogen-bond acceptors (Lipinski definition) is 3. The predicted molar refractivity (Wildman–Crippen MR) is 93.1 cm³/mol. The Bertz CT molecular complexity index is 769. The zero-order chi connectivity index (χ0) is 18.1. The number of hydrogen-bond donors (Lipinski definition) is 1. The highest BCUT2D eigenvalue weighted by atomic mass is 35.5. The first-order valence-corrected chi connectivity index (χ1v) is 7.83. The molecule has 0 radical (unpaired) electrons. The minimum atomic E-state index is -1.35. The van der Waals surface area contributed by atoms with Gasteiger partial charge in [0.2, 0.25) is 0 Å². The average Bonchev–Trinajstić information content (AvgIpc) is 2.50. The monoisotopic (exact) mass is 346 g/mol. The topological polar surface area (TPSA) is 63.6 Å². The number of aryl methyl sites for hydroxylation is 2. The van der Waals surface area contributed by atoms with Gasteiger partial charge in [-0.1, -0.05) is 11.6 Å². The Hall–Kier alpha value is -2.33. The molecular weight excluding hydrogens is 328 g/mol. The molecule has 2 aromatic carbocycles. The van der Waals surface area contributed by atoms with Crippen molar-refractivity contribution in [1.29, 1.82) is 0 Å². The van der Waals surface area contributed by atoms with Crippen molar-refractivity contribution in [3.05, 3.63) is 63.7 Å². The summed E-state index contributed by atoms with van der Waals surface area (Å²) >= 11 is 5.84. The average molecular weight is 347 g/mol. The Kier molecular flexibility index (Phi) is 4.99. The van der Waals surface area contributed by atoms with Crippen molar-refractivity contribution in [2.24, 2.45) is 0 Å². The third kappa shape index (κ3) is 3.77. The van der Waals surface area contributed by atoms with Crippen LogP contribution in [0.1, 0.15) is 40.9 Å². The number of carboxylic acid groups (broad SMARTS) is 1. The summed E-state index contributed by atoms with van der Waals surface area (Å²) in [5.74, 6) is -0.695. The van der Waals surface area contributed by atoms with Crippen LogP contribution in [0, 0.1) is 13.8 Å². The van der Waals surface area contributed by atoms with Gasteiger partial charge in [-0.15, -0.1) is 0 Å². The SMILES string of the molecule is Cc1cc(C(=O)c2ccc(Cl)cc2)cc(C)c1OC(C)(C)C(=O)O. The molecule has 2 rings (SSSR count). The van der Waals surface area contributed by atoms with E-state index in [2.05, 4.69) is 0 Å². The summed E-state index contributed by atoms with van der Waals surface area (Å²) in [6.45, 7) is 6.56. The van der Waals surface area contributed by atoms with E-state index < -0.39 is 11.6 Å². The molecule has 5 heteroatoms. The van der Waals surface area contributed by atoms with E-state index in [4.69, 9.17) is 16.3 Å². The Balaban J connectivity index is 2.37. The van der Waals surface area contributed by atoms with Crippen molar-refractivity contribution in [3.63, 3.8) is 0 Å². The van der Waals surface area contributed by atoms with Crippen LogP contribution < -0.4 is 4.74 Å². The fourth-order valence-electron chi connectivity index (χ4n) is 2.31. The summed E-state index contributed by atoms with van der Waals surface area (Å²) < 4.78 is 5.65. The van der Waals surface area contributed by atoms with Crippen LogP contribution in [0.25, 0.3) is 0 Å². The van der Waals surface area contributed by atoms with Gasteiger partial charge in [0.05, 0.1) is 0 Å². The molecule has 0 bridgehead atoms. The second-order valence-electron chi connectivity index (χ2n) is 6.19. The van der Waals surface area contributed by atoms with Gasteiger partial charge in [-0.25, -0.2) is 4.79 Å². The highest BCUT2D eigenvalue weighted by molar-refractivity contribution is 6.30. The number of aliphatic carboxylic acids is 1. The van der Waals surface area contributed by atoms with E-state index in [1.807, 2.05) is 0 Å². The van der Waals surface area contributed by atoms with Crippen molar-refractivity contribution in [1.82, 2.24) is 0 Å². The summed E-state index contributed by atoms with van der Waals surface area (Å²) in [6.07, 6.45) is 0. The van der Waals surface area contributed by atoms with E-state index >= 15 is 0 Å². The predicted octanol–water partition coefficient (Wildman–Crippen LogP) is 4.43. The first-order chi connectivity index (χ1) is 11.1. The van der Waals surface area contributed by atoms with Crippen molar-refractivity contribution >= 4 is 23.4 Å². The first kappa shape index (κ1) is 18.0. The number of carboxylic acids is 1. The normalized spacial score (nSPS) is 11.2. The van der Waals surface area contributed by atoms with Crippen LogP contribution in [0.5, 0.6) is 5.75 Å². The number of carbonyl (C=O) groups excluding carboxylic acids is 1. The zero-order valence-electron chi connectivity index (χ0n) is 14.0. The largest absolute Gasteiger partial charge is 0.478 e. The molecule has 0 spiro atoms. The molecule has 0 atom stereocenters. The lowest BCUT2D eigenvalue weighted by molar-refractivity contribution is -0.152. The number of carbonyl (C=O) groups is 2. The van der Waals surface area contributed by atoms with Crippen LogP contribution in [0.4, 0.5) is 0 Å². The van der Waals surface area contributed by atoms with Gasteiger partial charge < -0.3 is 9.84 Å². The first-order valence-electron chi connectivity index (χ1n) is 7.46. The molecule has 0 aromatic heterocycles. The zero-order valence-corrected chi connectivity index (χ0v) is 14.8. The lowest BCUT2D eigenvalue weighted by Gasteiger charge is -2.24. The highest BCUT2D eigenvalue weighted by Crippen LogP contribution is 2.29. The molecule has 0 saturated heterocycles. The van der Waals surface area contributed by atoms with Crippen molar-refractivity contribution in [2.45, 2.75) is 33.3 Å². The van der Waals surface area contributed by atoms with Gasteiger partial charge >= 0.3 is 5.97 Å². The Morgan fingerprint density at radius 1 is 1.00 bits per heavy atom. The molecular formula is C19H19ClO4. The molecule has 1 N–H and O–H groups in total. The fourth-order valence-corrected chi connectivity index (χ4v) is 2.44. The molecule has 0 heterocycles. The van der Waals surface area contributed by atoms with E-state index in [0.29, 0.717) is 33.0 Å². The highest BCUT2D eigenvalue weighted by Gasteiger charge is 2.30. The molecule has 0 amide bonds. The number of rotatable bonds is 5. The summed E-state index contributed by atoms with van der Waals surface area (Å²) in [5.41, 5.74) is 1.13. The van der Waals surface area contributed by atoms with Crippen LogP contribution in [-0.2, 0) is 4.79 Å². The van der Waals surface area contributed by atoms with Gasteiger partial charge in [0.15, 0.2) is 11.4 Å². The van der Waals surface area contributed by atoms with Crippen molar-refractivity contribution in [3.8, 4) is 5.75 Å². The molecule has 2 aromatic rings. The number of ether oxygens (including phenoxy) is 1. The van der Waals surface area contributed by atoms with Gasteiger partial charge in [-0.3, -0.25) is 4.79 Å². The molecule has 0 aliphatic heterocycles. The Morgan fingerprint density at radius 2 is 1.50 bits per heavy atom. The van der Waals surface area contributed by atoms with Crippen LogP contribution in [0.15, 0.2) is 36.4 Å². The van der Waals surface area contributed by atoms with Gasteiger partial charge in [0, 0.05) is 16.1 Å². The second-order valence-corrected chi connectivity index (χ2v) is 6.63.